The van der Waals surface area contributed by atoms with Gasteiger partial charge in [0, 0.05) is 18.7 Å². The van der Waals surface area contributed by atoms with Crippen molar-refractivity contribution in [3.8, 4) is 0 Å². The van der Waals surface area contributed by atoms with Crippen LogP contribution in [0.1, 0.15) is 25.7 Å². The molecule has 1 saturated heterocycles. The van der Waals surface area contributed by atoms with Gasteiger partial charge in [0.2, 0.25) is 5.91 Å². The van der Waals surface area contributed by atoms with Crippen LogP contribution in [0.15, 0.2) is 34.2 Å². The van der Waals surface area contributed by atoms with Crippen molar-refractivity contribution in [2.24, 2.45) is 4.99 Å². The summed E-state index contributed by atoms with van der Waals surface area (Å²) >= 11 is 0. The number of hydrogen-bond donors (Lipinski definition) is 3. The minimum Gasteiger partial charge on any atom is -0.325 e. The van der Waals surface area contributed by atoms with Crippen LogP contribution in [0, 0.1) is 0 Å². The number of carbonyl (C=O) groups is 1. The molecule has 3 rings (SSSR count). The summed E-state index contributed by atoms with van der Waals surface area (Å²) in [6.45, 7) is 1.49. The molecule has 2 aliphatic rings. The van der Waals surface area contributed by atoms with Gasteiger partial charge in [0.1, 0.15) is 5.84 Å². The van der Waals surface area contributed by atoms with Gasteiger partial charge in [-0.25, -0.2) is 8.42 Å². The number of carbonyl (C=O) groups excluding carboxylic acids is 1. The fourth-order valence-electron chi connectivity index (χ4n) is 2.72. The number of sulfonamides is 1. The van der Waals surface area contributed by atoms with E-state index in [4.69, 9.17) is 0 Å². The van der Waals surface area contributed by atoms with E-state index in [1.807, 2.05) is 0 Å². The molecule has 1 aromatic rings. The monoisotopic (exact) mass is 336 g/mol. The second-order valence-electron chi connectivity index (χ2n) is 5.70. The topological polar surface area (TPSA) is 99.7 Å². The first-order valence-electron chi connectivity index (χ1n) is 7.75. The molecular formula is C15H20N4O3S. The number of hydrogen-bond acceptors (Lipinski definition) is 5. The van der Waals surface area contributed by atoms with Crippen LogP contribution in [0.2, 0.25) is 0 Å². The number of nitrogens with one attached hydrogen (secondary N) is 3. The van der Waals surface area contributed by atoms with Crippen molar-refractivity contribution in [1.82, 2.24) is 10.0 Å². The Hall–Kier alpha value is -1.93. The standard InChI is InChI=1S/C15H20N4O3S/c20-15(13-6-2-8-16-13)18-11-4-1-5-12(10-11)23(21,22)19-14-7-3-9-17-14/h1,4-5,10,13,16H,2-3,6-9H2,(H,17,19)(H,18,20). The Bertz CT molecular complexity index is 724. The third-order valence-corrected chi connectivity index (χ3v) is 5.29. The first-order valence-corrected chi connectivity index (χ1v) is 9.23. The van der Waals surface area contributed by atoms with Crippen molar-refractivity contribution in [1.29, 1.82) is 0 Å². The summed E-state index contributed by atoms with van der Waals surface area (Å²) in [6.07, 6.45) is 3.27. The first kappa shape index (κ1) is 15.9. The van der Waals surface area contributed by atoms with E-state index >= 15 is 0 Å². The molecule has 0 saturated carbocycles. The van der Waals surface area contributed by atoms with E-state index in [0.29, 0.717) is 24.5 Å². The molecule has 1 aromatic carbocycles. The number of amidine groups is 1. The van der Waals surface area contributed by atoms with Crippen molar-refractivity contribution in [3.05, 3.63) is 24.3 Å². The van der Waals surface area contributed by atoms with E-state index in [0.717, 1.165) is 25.8 Å². The highest BCUT2D eigenvalue weighted by Crippen LogP contribution is 2.17. The summed E-state index contributed by atoms with van der Waals surface area (Å²) in [5, 5.41) is 5.88. The molecule has 0 radical (unpaired) electrons. The SMILES string of the molecule is O=C(Nc1cccc(S(=O)(=O)NC2=NCCC2)c1)C1CCCN1. The number of nitrogens with zero attached hydrogens (tertiary/aromatic N) is 1. The lowest BCUT2D eigenvalue weighted by Gasteiger charge is -2.12. The molecular weight excluding hydrogens is 316 g/mol. The van der Waals surface area contributed by atoms with Gasteiger partial charge in [0.05, 0.1) is 10.9 Å². The zero-order chi connectivity index (χ0) is 16.3. The van der Waals surface area contributed by atoms with E-state index < -0.39 is 10.0 Å². The molecule has 2 heterocycles. The van der Waals surface area contributed by atoms with Crippen LogP contribution in [-0.2, 0) is 14.8 Å². The average molecular weight is 336 g/mol. The van der Waals surface area contributed by atoms with Gasteiger partial charge in [-0.05, 0) is 44.0 Å². The summed E-state index contributed by atoms with van der Waals surface area (Å²) in [7, 11) is -3.67. The highest BCUT2D eigenvalue weighted by atomic mass is 32.2. The second kappa shape index (κ2) is 6.67. The van der Waals surface area contributed by atoms with Crippen LogP contribution < -0.4 is 15.4 Å². The fourth-order valence-corrected chi connectivity index (χ4v) is 3.85. The van der Waals surface area contributed by atoms with E-state index in [1.54, 1.807) is 12.1 Å². The van der Waals surface area contributed by atoms with Gasteiger partial charge in [-0.1, -0.05) is 6.07 Å². The number of benzene rings is 1. The molecule has 1 amide bonds. The molecule has 1 atom stereocenters. The van der Waals surface area contributed by atoms with E-state index in [-0.39, 0.29) is 16.8 Å². The molecule has 2 aliphatic heterocycles. The molecule has 8 heteroatoms. The van der Waals surface area contributed by atoms with Crippen molar-refractivity contribution in [2.45, 2.75) is 36.6 Å². The van der Waals surface area contributed by atoms with Crippen LogP contribution in [-0.4, -0.2) is 39.3 Å². The predicted molar refractivity (Wildman–Crippen MR) is 88.0 cm³/mol. The molecule has 7 nitrogen and oxygen atoms in total. The van der Waals surface area contributed by atoms with Crippen molar-refractivity contribution >= 4 is 27.5 Å². The number of aliphatic imine (C=N–C) groups is 1. The highest BCUT2D eigenvalue weighted by molar-refractivity contribution is 7.90. The number of rotatable bonds is 4. The van der Waals surface area contributed by atoms with E-state index in [2.05, 4.69) is 20.3 Å². The minimum absolute atomic E-state index is 0.115. The van der Waals surface area contributed by atoms with Gasteiger partial charge in [-0.2, -0.15) is 0 Å². The fraction of sp³-hybridized carbons (Fsp3) is 0.467. The van der Waals surface area contributed by atoms with Crippen molar-refractivity contribution < 1.29 is 13.2 Å². The molecule has 0 spiro atoms. The lowest BCUT2D eigenvalue weighted by molar-refractivity contribution is -0.117. The normalized spacial score (nSPS) is 21.0. The van der Waals surface area contributed by atoms with Crippen molar-refractivity contribution in [3.63, 3.8) is 0 Å². The summed E-state index contributed by atoms with van der Waals surface area (Å²) < 4.78 is 27.2. The Morgan fingerprint density at radius 3 is 2.87 bits per heavy atom. The van der Waals surface area contributed by atoms with Gasteiger partial charge >= 0.3 is 0 Å². The maximum Gasteiger partial charge on any atom is 0.262 e. The Morgan fingerprint density at radius 2 is 2.17 bits per heavy atom. The first-order chi connectivity index (χ1) is 11.0. The van der Waals surface area contributed by atoms with E-state index in [1.165, 1.54) is 12.1 Å². The van der Waals surface area contributed by atoms with Crippen LogP contribution in [0.5, 0.6) is 0 Å². The molecule has 23 heavy (non-hydrogen) atoms. The van der Waals surface area contributed by atoms with Crippen molar-refractivity contribution in [2.75, 3.05) is 18.4 Å². The van der Waals surface area contributed by atoms with Crippen LogP contribution in [0.3, 0.4) is 0 Å². The third kappa shape index (κ3) is 3.89. The Labute approximate surface area is 135 Å². The van der Waals surface area contributed by atoms with E-state index in [9.17, 15) is 13.2 Å². The number of amides is 1. The smallest absolute Gasteiger partial charge is 0.262 e. The zero-order valence-corrected chi connectivity index (χ0v) is 13.5. The highest BCUT2D eigenvalue weighted by Gasteiger charge is 2.23. The lowest BCUT2D eigenvalue weighted by Crippen LogP contribution is -2.35. The van der Waals surface area contributed by atoms with Crippen LogP contribution in [0.4, 0.5) is 5.69 Å². The maximum absolute atomic E-state index is 12.4. The maximum atomic E-state index is 12.4. The van der Waals surface area contributed by atoms with Crippen LogP contribution >= 0.6 is 0 Å². The third-order valence-electron chi connectivity index (χ3n) is 3.92. The predicted octanol–water partition coefficient (Wildman–Crippen LogP) is 0.848. The molecule has 0 aromatic heterocycles. The van der Waals surface area contributed by atoms with Gasteiger partial charge < -0.3 is 10.6 Å². The molecule has 0 aliphatic carbocycles. The van der Waals surface area contributed by atoms with Gasteiger partial charge in [0.15, 0.2) is 0 Å². The minimum atomic E-state index is -3.67. The molecule has 1 fully saturated rings. The van der Waals surface area contributed by atoms with Gasteiger partial charge in [-0.3, -0.25) is 14.5 Å². The summed E-state index contributed by atoms with van der Waals surface area (Å²) in [5.74, 6) is 0.361. The van der Waals surface area contributed by atoms with Gasteiger partial charge in [0.25, 0.3) is 10.0 Å². The second-order valence-corrected chi connectivity index (χ2v) is 7.39. The lowest BCUT2D eigenvalue weighted by atomic mass is 10.2. The summed E-state index contributed by atoms with van der Waals surface area (Å²) in [4.78, 5) is 16.3. The largest absolute Gasteiger partial charge is 0.325 e. The number of anilines is 1. The molecule has 3 N–H and O–H groups in total. The Kier molecular flexibility index (Phi) is 4.63. The van der Waals surface area contributed by atoms with Crippen LogP contribution in [0.25, 0.3) is 0 Å². The molecule has 1 unspecified atom stereocenters. The Morgan fingerprint density at radius 1 is 1.30 bits per heavy atom. The zero-order valence-electron chi connectivity index (χ0n) is 12.7. The summed E-state index contributed by atoms with van der Waals surface area (Å²) in [5.41, 5.74) is 0.472. The Balaban J connectivity index is 1.72. The summed E-state index contributed by atoms with van der Waals surface area (Å²) in [6, 6.07) is 6.05. The molecule has 0 bridgehead atoms. The quantitative estimate of drug-likeness (QED) is 0.759. The molecule has 124 valence electrons. The van der Waals surface area contributed by atoms with Gasteiger partial charge in [-0.15, -0.1) is 0 Å². The average Bonchev–Trinajstić information content (AvgIpc) is 3.20.